The first-order chi connectivity index (χ1) is 7.81. The molecule has 1 unspecified atom stereocenters. The Morgan fingerprint density at radius 3 is 2.94 bits per heavy atom. The van der Waals surface area contributed by atoms with Gasteiger partial charge < -0.3 is 4.74 Å². The molecular weight excluding hydrogens is 200 g/mol. The highest BCUT2D eigenvalue weighted by molar-refractivity contribution is 6.10. The van der Waals surface area contributed by atoms with Crippen LogP contribution >= 0.6 is 0 Å². The maximum atomic E-state index is 12.1. The minimum Gasteiger partial charge on any atom is -0.377 e. The zero-order valence-corrected chi connectivity index (χ0v) is 9.48. The summed E-state index contributed by atoms with van der Waals surface area (Å²) in [6.07, 6.45) is 14.5. The van der Waals surface area contributed by atoms with Crippen LogP contribution in [0.1, 0.15) is 19.3 Å². The third kappa shape index (κ3) is 2.39. The molecule has 0 aromatic heterocycles. The van der Waals surface area contributed by atoms with Gasteiger partial charge in [-0.1, -0.05) is 36.5 Å². The average Bonchev–Trinajstić information content (AvgIpc) is 2.39. The van der Waals surface area contributed by atoms with Gasteiger partial charge in [0, 0.05) is 18.3 Å². The molecule has 16 heavy (non-hydrogen) atoms. The topological polar surface area (TPSA) is 26.3 Å². The molecule has 0 radical (unpaired) electrons. The van der Waals surface area contributed by atoms with E-state index in [0.29, 0.717) is 0 Å². The Balaban J connectivity index is 2.07. The standard InChI is InChI=1S/C14H16O2/c1-16-13-9-7-12(8-10-13)14(15)11-5-3-2-4-6-11/h2-3,5,7-9,13H,4,6,10H2,1H3. The molecule has 0 spiro atoms. The van der Waals surface area contributed by atoms with Crippen molar-refractivity contribution in [2.24, 2.45) is 0 Å². The molecule has 0 aromatic rings. The van der Waals surface area contributed by atoms with E-state index in [9.17, 15) is 4.79 Å². The van der Waals surface area contributed by atoms with Crippen molar-refractivity contribution < 1.29 is 9.53 Å². The van der Waals surface area contributed by atoms with E-state index < -0.39 is 0 Å². The van der Waals surface area contributed by atoms with E-state index in [2.05, 4.69) is 6.08 Å². The van der Waals surface area contributed by atoms with Crippen molar-refractivity contribution >= 4 is 5.78 Å². The second-order valence-corrected chi connectivity index (χ2v) is 4.02. The van der Waals surface area contributed by atoms with Gasteiger partial charge in [0.2, 0.25) is 0 Å². The van der Waals surface area contributed by atoms with Gasteiger partial charge in [-0.3, -0.25) is 4.79 Å². The number of rotatable bonds is 3. The van der Waals surface area contributed by atoms with Crippen LogP contribution in [-0.4, -0.2) is 19.0 Å². The van der Waals surface area contributed by atoms with Gasteiger partial charge in [0.1, 0.15) is 0 Å². The summed E-state index contributed by atoms with van der Waals surface area (Å²) in [5, 5.41) is 0. The second-order valence-electron chi connectivity index (χ2n) is 4.02. The molecule has 2 rings (SSSR count). The summed E-state index contributed by atoms with van der Waals surface area (Å²) < 4.78 is 5.20. The highest BCUT2D eigenvalue weighted by Gasteiger charge is 2.16. The number of carbonyl (C=O) groups excluding carboxylic acids is 1. The van der Waals surface area contributed by atoms with Gasteiger partial charge in [0.15, 0.2) is 5.78 Å². The maximum Gasteiger partial charge on any atom is 0.188 e. The third-order valence-electron chi connectivity index (χ3n) is 2.93. The van der Waals surface area contributed by atoms with E-state index >= 15 is 0 Å². The van der Waals surface area contributed by atoms with Gasteiger partial charge in [-0.25, -0.2) is 0 Å². The van der Waals surface area contributed by atoms with E-state index in [4.69, 9.17) is 4.74 Å². The summed E-state index contributed by atoms with van der Waals surface area (Å²) >= 11 is 0. The van der Waals surface area contributed by atoms with Crippen molar-refractivity contribution in [3.05, 3.63) is 47.6 Å². The quantitative estimate of drug-likeness (QED) is 0.725. The fraction of sp³-hybridized carbons (Fsp3) is 0.357. The number of methoxy groups -OCH3 is 1. The van der Waals surface area contributed by atoms with E-state index in [-0.39, 0.29) is 11.9 Å². The minimum atomic E-state index is 0.122. The minimum absolute atomic E-state index is 0.122. The van der Waals surface area contributed by atoms with Crippen molar-refractivity contribution in [2.45, 2.75) is 25.4 Å². The smallest absolute Gasteiger partial charge is 0.188 e. The molecule has 0 saturated heterocycles. The summed E-state index contributed by atoms with van der Waals surface area (Å²) in [6.45, 7) is 0. The van der Waals surface area contributed by atoms with Crippen LogP contribution in [0.5, 0.6) is 0 Å². The lowest BCUT2D eigenvalue weighted by Crippen LogP contribution is -2.13. The molecule has 84 valence electrons. The number of hydrogen-bond acceptors (Lipinski definition) is 2. The van der Waals surface area contributed by atoms with Gasteiger partial charge >= 0.3 is 0 Å². The van der Waals surface area contributed by atoms with Crippen LogP contribution < -0.4 is 0 Å². The van der Waals surface area contributed by atoms with Crippen molar-refractivity contribution in [3.63, 3.8) is 0 Å². The molecule has 0 aromatic carbocycles. The lowest BCUT2D eigenvalue weighted by atomic mass is 9.93. The van der Waals surface area contributed by atoms with Crippen molar-refractivity contribution in [1.29, 1.82) is 0 Å². The Kier molecular flexibility index (Phi) is 3.52. The lowest BCUT2D eigenvalue weighted by Gasteiger charge is -2.15. The van der Waals surface area contributed by atoms with Crippen molar-refractivity contribution in [3.8, 4) is 0 Å². The van der Waals surface area contributed by atoms with Crippen LogP contribution in [0.3, 0.4) is 0 Å². The normalized spacial score (nSPS) is 23.9. The van der Waals surface area contributed by atoms with Crippen LogP contribution in [0.25, 0.3) is 0 Å². The molecule has 0 heterocycles. The summed E-state index contributed by atoms with van der Waals surface area (Å²) in [4.78, 5) is 12.1. The molecule has 2 nitrogen and oxygen atoms in total. The number of hydrogen-bond donors (Lipinski definition) is 0. The fourth-order valence-corrected chi connectivity index (χ4v) is 1.92. The molecule has 2 heteroatoms. The molecule has 0 saturated carbocycles. The van der Waals surface area contributed by atoms with Crippen LogP contribution in [-0.2, 0) is 9.53 Å². The highest BCUT2D eigenvalue weighted by atomic mass is 16.5. The van der Waals surface area contributed by atoms with Gasteiger partial charge in [-0.05, 0) is 19.3 Å². The van der Waals surface area contributed by atoms with Crippen LogP contribution in [0, 0.1) is 0 Å². The fourth-order valence-electron chi connectivity index (χ4n) is 1.92. The van der Waals surface area contributed by atoms with Gasteiger partial charge in [0.05, 0.1) is 6.10 Å². The molecule has 0 amide bonds. The highest BCUT2D eigenvalue weighted by Crippen LogP contribution is 2.21. The molecule has 0 fully saturated rings. The number of Topliss-reactive ketones (excluding diaryl/α,β-unsaturated/α-hetero) is 1. The van der Waals surface area contributed by atoms with E-state index in [1.807, 2.05) is 30.4 Å². The summed E-state index contributed by atoms with van der Waals surface area (Å²) in [5.74, 6) is 0.162. The lowest BCUT2D eigenvalue weighted by molar-refractivity contribution is -0.112. The maximum absolute atomic E-state index is 12.1. The first-order valence-electron chi connectivity index (χ1n) is 5.63. The molecule has 1 atom stereocenters. The summed E-state index contributed by atoms with van der Waals surface area (Å²) in [7, 11) is 1.68. The number of ketones is 1. The Hall–Kier alpha value is -1.41. The third-order valence-corrected chi connectivity index (χ3v) is 2.93. The number of ether oxygens (including phenoxy) is 1. The predicted octanol–water partition coefficient (Wildman–Crippen LogP) is 2.73. The number of allylic oxidation sites excluding steroid dienone is 6. The molecule has 2 aliphatic rings. The first-order valence-corrected chi connectivity index (χ1v) is 5.63. The zero-order chi connectivity index (χ0) is 11.4. The average molecular weight is 216 g/mol. The Labute approximate surface area is 96.0 Å². The molecule has 0 N–H and O–H groups in total. The monoisotopic (exact) mass is 216 g/mol. The van der Waals surface area contributed by atoms with Crippen LogP contribution in [0.15, 0.2) is 47.6 Å². The van der Waals surface area contributed by atoms with Crippen molar-refractivity contribution in [2.75, 3.05) is 7.11 Å². The number of carbonyl (C=O) groups is 1. The SMILES string of the molecule is COC1C=CC(C(=O)C2=CC=CCC2)=CC1. The van der Waals surface area contributed by atoms with E-state index in [1.165, 1.54) is 0 Å². The van der Waals surface area contributed by atoms with Crippen molar-refractivity contribution in [1.82, 2.24) is 0 Å². The summed E-state index contributed by atoms with van der Waals surface area (Å²) in [6, 6.07) is 0. The molecular formula is C14H16O2. The van der Waals surface area contributed by atoms with Gasteiger partial charge in [-0.2, -0.15) is 0 Å². The molecule has 0 aliphatic heterocycles. The summed E-state index contributed by atoms with van der Waals surface area (Å²) in [5.41, 5.74) is 1.71. The Morgan fingerprint density at radius 2 is 2.38 bits per heavy atom. The largest absolute Gasteiger partial charge is 0.377 e. The molecule has 2 aliphatic carbocycles. The predicted molar refractivity (Wildman–Crippen MR) is 64.1 cm³/mol. The second kappa shape index (κ2) is 5.08. The Bertz CT molecular complexity index is 397. The van der Waals surface area contributed by atoms with Gasteiger partial charge in [0.25, 0.3) is 0 Å². The van der Waals surface area contributed by atoms with Crippen LogP contribution in [0.2, 0.25) is 0 Å². The first kappa shape index (κ1) is 11.1. The van der Waals surface area contributed by atoms with E-state index in [0.717, 1.165) is 30.4 Å². The molecule has 0 bridgehead atoms. The van der Waals surface area contributed by atoms with E-state index in [1.54, 1.807) is 7.11 Å². The zero-order valence-electron chi connectivity index (χ0n) is 9.48. The Morgan fingerprint density at radius 1 is 1.50 bits per heavy atom. The van der Waals surface area contributed by atoms with Crippen LogP contribution in [0.4, 0.5) is 0 Å². The van der Waals surface area contributed by atoms with Gasteiger partial charge in [-0.15, -0.1) is 0 Å².